The van der Waals surface area contributed by atoms with Crippen LogP contribution in [-0.2, 0) is 14.9 Å². The summed E-state index contributed by atoms with van der Waals surface area (Å²) in [5.41, 5.74) is 1.32. The summed E-state index contributed by atoms with van der Waals surface area (Å²) < 4.78 is 56.2. The molecule has 2 heterocycles. The molecule has 36 heavy (non-hydrogen) atoms. The minimum Gasteiger partial charge on any atom is -0.493 e. The smallest absolute Gasteiger partial charge is 0.261 e. The Balaban J connectivity index is 0.000000658. The molecule has 0 saturated carbocycles. The molecule has 0 spiro atoms. The fraction of sp³-hybridized carbons (Fsp3) is 0.391. The molecular weight excluding hydrogens is 515 g/mol. The summed E-state index contributed by atoms with van der Waals surface area (Å²) in [7, 11) is -2.07. The van der Waals surface area contributed by atoms with Crippen LogP contribution in [0.2, 0.25) is 5.02 Å². The zero-order valence-corrected chi connectivity index (χ0v) is 21.5. The van der Waals surface area contributed by atoms with Gasteiger partial charge in [0.2, 0.25) is 0 Å². The monoisotopic (exact) mass is 542 g/mol. The van der Waals surface area contributed by atoms with Gasteiger partial charge in [-0.1, -0.05) is 11.6 Å². The van der Waals surface area contributed by atoms with Crippen molar-refractivity contribution in [2.75, 3.05) is 58.1 Å². The number of benzene rings is 2. The average molecular weight is 543 g/mol. The normalized spacial score (nSPS) is 14.1. The Bertz CT molecular complexity index is 1270. The summed E-state index contributed by atoms with van der Waals surface area (Å²) in [5.74, 6) is 1.31. The third-order valence-corrected chi connectivity index (χ3v) is 5.37. The maximum Gasteiger partial charge on any atom is 0.261 e. The van der Waals surface area contributed by atoms with Crippen molar-refractivity contribution in [1.29, 1.82) is 0 Å². The van der Waals surface area contributed by atoms with Crippen LogP contribution in [0.25, 0.3) is 10.9 Å². The lowest BCUT2D eigenvalue weighted by Crippen LogP contribution is -2.37. The summed E-state index contributed by atoms with van der Waals surface area (Å²) in [6.07, 6.45) is 3.07. The van der Waals surface area contributed by atoms with Gasteiger partial charge in [-0.2, -0.15) is 8.42 Å². The minimum absolute atomic E-state index is 0.0364. The fourth-order valence-corrected chi connectivity index (χ4v) is 3.62. The van der Waals surface area contributed by atoms with Gasteiger partial charge in [0.05, 0.1) is 43.7 Å². The van der Waals surface area contributed by atoms with Crippen LogP contribution in [0.1, 0.15) is 6.42 Å². The van der Waals surface area contributed by atoms with Crippen LogP contribution >= 0.6 is 11.6 Å². The van der Waals surface area contributed by atoms with E-state index in [0.29, 0.717) is 41.4 Å². The van der Waals surface area contributed by atoms with Gasteiger partial charge in [-0.25, -0.2) is 14.4 Å². The molecular formula is C23H28ClFN4O6S. The molecule has 0 atom stereocenters. The third kappa shape index (κ3) is 8.71. The summed E-state index contributed by atoms with van der Waals surface area (Å²) in [4.78, 5) is 11.0. The van der Waals surface area contributed by atoms with Crippen LogP contribution in [0.5, 0.6) is 11.5 Å². The molecule has 1 aliphatic rings. The predicted molar refractivity (Wildman–Crippen MR) is 136 cm³/mol. The van der Waals surface area contributed by atoms with Crippen LogP contribution in [0.3, 0.4) is 0 Å². The Hall–Kier alpha value is -2.77. The van der Waals surface area contributed by atoms with Gasteiger partial charge in [0.25, 0.3) is 10.1 Å². The number of rotatable bonds is 8. The van der Waals surface area contributed by atoms with Crippen LogP contribution < -0.4 is 14.8 Å². The van der Waals surface area contributed by atoms with Gasteiger partial charge in [0.15, 0.2) is 11.5 Å². The molecule has 0 amide bonds. The Labute approximate surface area is 214 Å². The number of hydrogen-bond acceptors (Lipinski definition) is 9. The van der Waals surface area contributed by atoms with Crippen LogP contribution in [0.4, 0.5) is 15.9 Å². The molecule has 1 fully saturated rings. The first kappa shape index (κ1) is 27.8. The number of anilines is 2. The molecule has 2 aromatic carbocycles. The van der Waals surface area contributed by atoms with E-state index in [-0.39, 0.29) is 5.02 Å². The number of aromatic nitrogens is 2. The summed E-state index contributed by atoms with van der Waals surface area (Å²) in [5, 5.41) is 3.97. The van der Waals surface area contributed by atoms with Gasteiger partial charge in [0.1, 0.15) is 18.0 Å². The van der Waals surface area contributed by atoms with Gasteiger partial charge in [-0.05, 0) is 30.7 Å². The molecule has 10 nitrogen and oxygen atoms in total. The van der Waals surface area contributed by atoms with Crippen molar-refractivity contribution in [3.8, 4) is 11.5 Å². The zero-order valence-electron chi connectivity index (χ0n) is 19.9. The van der Waals surface area contributed by atoms with E-state index >= 15 is 0 Å². The van der Waals surface area contributed by atoms with E-state index in [1.54, 1.807) is 13.2 Å². The molecule has 1 aromatic heterocycles. The van der Waals surface area contributed by atoms with Crippen LogP contribution in [-0.4, -0.2) is 80.7 Å². The topological polar surface area (TPSA) is 123 Å². The van der Waals surface area contributed by atoms with E-state index in [4.69, 9.17) is 30.4 Å². The highest BCUT2D eigenvalue weighted by atomic mass is 35.5. The first-order valence-corrected chi connectivity index (χ1v) is 13.3. The van der Waals surface area contributed by atoms with E-state index in [0.717, 1.165) is 44.7 Å². The largest absolute Gasteiger partial charge is 0.493 e. The highest BCUT2D eigenvalue weighted by Gasteiger charge is 2.14. The lowest BCUT2D eigenvalue weighted by molar-refractivity contribution is 0.0357. The zero-order chi connectivity index (χ0) is 26.1. The lowest BCUT2D eigenvalue weighted by Gasteiger charge is -2.26. The first-order chi connectivity index (χ1) is 17.1. The summed E-state index contributed by atoms with van der Waals surface area (Å²) >= 11 is 5.90. The second-order valence-corrected chi connectivity index (χ2v) is 9.76. The number of nitrogens with zero attached hydrogens (tertiary/aromatic N) is 3. The molecule has 2 N–H and O–H groups in total. The molecule has 3 aromatic rings. The van der Waals surface area contributed by atoms with Gasteiger partial charge < -0.3 is 19.5 Å². The molecule has 0 unspecified atom stereocenters. The fourth-order valence-electron chi connectivity index (χ4n) is 3.44. The Morgan fingerprint density at radius 2 is 1.92 bits per heavy atom. The van der Waals surface area contributed by atoms with E-state index in [1.807, 2.05) is 12.1 Å². The summed E-state index contributed by atoms with van der Waals surface area (Å²) in [6.45, 7) is 5.00. The second-order valence-electron chi connectivity index (χ2n) is 7.89. The number of nitrogens with one attached hydrogen (secondary N) is 1. The number of halogens is 2. The Morgan fingerprint density at radius 1 is 1.19 bits per heavy atom. The SMILES string of the molecule is COc1cc2ncnc(Nc3ccc(F)c(Cl)c3)c2cc1OCCCN1CCOCC1.CS(=O)(=O)O. The molecule has 4 rings (SSSR count). The van der Waals surface area contributed by atoms with Crippen molar-refractivity contribution in [2.24, 2.45) is 0 Å². The van der Waals surface area contributed by atoms with E-state index in [2.05, 4.69) is 20.2 Å². The van der Waals surface area contributed by atoms with Gasteiger partial charge >= 0.3 is 0 Å². The number of methoxy groups -OCH3 is 1. The highest BCUT2D eigenvalue weighted by molar-refractivity contribution is 7.85. The predicted octanol–water partition coefficient (Wildman–Crippen LogP) is 3.78. The maximum atomic E-state index is 13.5. The van der Waals surface area contributed by atoms with Crippen molar-refractivity contribution in [3.05, 3.63) is 47.5 Å². The summed E-state index contributed by atoms with van der Waals surface area (Å²) in [6, 6.07) is 8.09. The van der Waals surface area contributed by atoms with E-state index in [1.165, 1.54) is 18.5 Å². The molecule has 13 heteroatoms. The minimum atomic E-state index is -3.67. The Kier molecular flexibility index (Phi) is 10.0. The molecule has 1 saturated heterocycles. The van der Waals surface area contributed by atoms with Gasteiger partial charge in [0, 0.05) is 36.8 Å². The van der Waals surface area contributed by atoms with Crippen molar-refractivity contribution < 1.29 is 31.6 Å². The maximum absolute atomic E-state index is 13.5. The van der Waals surface area contributed by atoms with E-state index in [9.17, 15) is 12.8 Å². The van der Waals surface area contributed by atoms with Crippen molar-refractivity contribution in [1.82, 2.24) is 14.9 Å². The quantitative estimate of drug-likeness (QED) is 0.321. The molecule has 1 aliphatic heterocycles. The number of ether oxygens (including phenoxy) is 3. The van der Waals surface area contributed by atoms with Crippen LogP contribution in [0.15, 0.2) is 36.7 Å². The number of hydrogen-bond donors (Lipinski definition) is 2. The number of morpholine rings is 1. The lowest BCUT2D eigenvalue weighted by atomic mass is 10.2. The average Bonchev–Trinajstić information content (AvgIpc) is 2.83. The van der Waals surface area contributed by atoms with Gasteiger partial charge in [-0.15, -0.1) is 0 Å². The van der Waals surface area contributed by atoms with Crippen molar-refractivity contribution in [3.63, 3.8) is 0 Å². The van der Waals surface area contributed by atoms with E-state index < -0.39 is 15.9 Å². The molecule has 0 radical (unpaired) electrons. The molecule has 0 bridgehead atoms. The standard InChI is InChI=1S/C22H24ClFN4O3.CH4O3S/c1-29-20-13-19-16(12-21(20)31-8-2-5-28-6-9-30-10-7-28)22(26-14-25-19)27-15-3-4-18(24)17(23)11-15;1-5(2,3)4/h3-4,11-14H,2,5-10H2,1H3,(H,25,26,27);1H3,(H,2,3,4). The highest BCUT2D eigenvalue weighted by Crippen LogP contribution is 2.35. The first-order valence-electron chi connectivity index (χ1n) is 11.0. The number of fused-ring (bicyclic) bond motifs is 1. The van der Waals surface area contributed by atoms with Crippen molar-refractivity contribution >= 4 is 44.1 Å². The third-order valence-electron chi connectivity index (χ3n) is 5.08. The second kappa shape index (κ2) is 13.0. The van der Waals surface area contributed by atoms with Crippen molar-refractivity contribution in [2.45, 2.75) is 6.42 Å². The van der Waals surface area contributed by atoms with Gasteiger partial charge in [-0.3, -0.25) is 9.45 Å². The Morgan fingerprint density at radius 3 is 2.58 bits per heavy atom. The molecule has 0 aliphatic carbocycles. The van der Waals surface area contributed by atoms with Crippen LogP contribution in [0, 0.1) is 5.82 Å². The molecule has 196 valence electrons.